The Morgan fingerprint density at radius 2 is 2.04 bits per heavy atom. The van der Waals surface area contributed by atoms with E-state index in [2.05, 4.69) is 9.14 Å². The average Bonchev–Trinajstić information content (AvgIpc) is 3.39. The number of sulfonamides is 1. The second-order valence-electron chi connectivity index (χ2n) is 5.51. The van der Waals surface area contributed by atoms with Crippen molar-refractivity contribution in [3.05, 3.63) is 46.0 Å². The summed E-state index contributed by atoms with van der Waals surface area (Å²) in [7, 11) is -3.88. The molecule has 0 fully saturated rings. The third-order valence-electron chi connectivity index (χ3n) is 3.76. The molecule has 0 bridgehead atoms. The number of ether oxygens (including phenoxy) is 2. The van der Waals surface area contributed by atoms with Gasteiger partial charge in [0.2, 0.25) is 18.4 Å². The molecule has 0 saturated heterocycles. The van der Waals surface area contributed by atoms with Crippen molar-refractivity contribution in [3.63, 3.8) is 0 Å². The predicted octanol–water partition coefficient (Wildman–Crippen LogP) is 2.07. The standard InChI is InChI=1S/C16H12N2O8S2/c19-11-7-24-16(21)18(11)4-3-9-6-10(14-15(13(9)20)26-8-25-14)17-28(22,23)12-2-1-5-27-12/h1-7,17,19-20H,8H2. The molecule has 0 radical (unpaired) electrons. The van der Waals surface area contributed by atoms with E-state index in [9.17, 15) is 23.4 Å². The van der Waals surface area contributed by atoms with Crippen molar-refractivity contribution in [3.8, 4) is 23.1 Å². The number of aromatic hydroxyl groups is 2. The van der Waals surface area contributed by atoms with Gasteiger partial charge in [0.1, 0.15) is 4.21 Å². The van der Waals surface area contributed by atoms with Gasteiger partial charge in [-0.3, -0.25) is 4.72 Å². The largest absolute Gasteiger partial charge is 0.504 e. The summed E-state index contributed by atoms with van der Waals surface area (Å²) in [6.07, 6.45) is 3.28. The average molecular weight is 424 g/mol. The van der Waals surface area contributed by atoms with Crippen LogP contribution in [0.4, 0.5) is 5.69 Å². The van der Waals surface area contributed by atoms with Gasteiger partial charge in [-0.25, -0.2) is 17.8 Å². The van der Waals surface area contributed by atoms with Gasteiger partial charge in [-0.1, -0.05) is 6.07 Å². The van der Waals surface area contributed by atoms with Crippen molar-refractivity contribution in [2.75, 3.05) is 11.5 Å². The minimum atomic E-state index is -3.88. The molecule has 3 N–H and O–H groups in total. The lowest BCUT2D eigenvalue weighted by molar-refractivity contribution is 0.171. The van der Waals surface area contributed by atoms with Crippen LogP contribution in [0, 0.1) is 0 Å². The van der Waals surface area contributed by atoms with Gasteiger partial charge in [-0.2, -0.15) is 0 Å². The van der Waals surface area contributed by atoms with Gasteiger partial charge in [-0.05, 0) is 23.6 Å². The van der Waals surface area contributed by atoms with Crippen LogP contribution in [-0.4, -0.2) is 30.0 Å². The summed E-state index contributed by atoms with van der Waals surface area (Å²) in [5.74, 6) is -1.61. The highest BCUT2D eigenvalue weighted by molar-refractivity contribution is 7.94. The Balaban J connectivity index is 1.77. The van der Waals surface area contributed by atoms with E-state index in [4.69, 9.17) is 9.47 Å². The van der Waals surface area contributed by atoms with Gasteiger partial charge in [-0.15, -0.1) is 11.3 Å². The zero-order chi connectivity index (χ0) is 19.9. The van der Waals surface area contributed by atoms with Gasteiger partial charge in [0.05, 0.1) is 5.69 Å². The van der Waals surface area contributed by atoms with E-state index in [-0.39, 0.29) is 39.5 Å². The summed E-state index contributed by atoms with van der Waals surface area (Å²) in [4.78, 5) is 11.5. The van der Waals surface area contributed by atoms with Crippen LogP contribution < -0.4 is 20.0 Å². The molecule has 4 rings (SSSR count). The summed E-state index contributed by atoms with van der Waals surface area (Å²) in [6, 6.07) is 4.36. The zero-order valence-corrected chi connectivity index (χ0v) is 15.5. The van der Waals surface area contributed by atoms with Crippen LogP contribution in [0.25, 0.3) is 12.3 Å². The molecule has 0 atom stereocenters. The third kappa shape index (κ3) is 3.08. The summed E-state index contributed by atoms with van der Waals surface area (Å²) in [5.41, 5.74) is 0.155. The summed E-state index contributed by atoms with van der Waals surface area (Å²) >= 11 is 1.04. The molecule has 0 unspecified atom stereocenters. The molecule has 12 heteroatoms. The minimum Gasteiger partial charge on any atom is -0.504 e. The first-order valence-electron chi connectivity index (χ1n) is 7.66. The Kier molecular flexibility index (Phi) is 4.28. The van der Waals surface area contributed by atoms with Crippen molar-refractivity contribution < 1.29 is 32.5 Å². The number of nitrogens with zero attached hydrogens (tertiary/aromatic N) is 1. The lowest BCUT2D eigenvalue weighted by Gasteiger charge is -2.12. The highest BCUT2D eigenvalue weighted by atomic mass is 32.2. The van der Waals surface area contributed by atoms with Crippen LogP contribution in [0.5, 0.6) is 23.1 Å². The van der Waals surface area contributed by atoms with Gasteiger partial charge < -0.3 is 24.1 Å². The van der Waals surface area contributed by atoms with Crippen LogP contribution in [0.15, 0.2) is 43.3 Å². The molecule has 0 spiro atoms. The molecule has 2 aromatic heterocycles. The van der Waals surface area contributed by atoms with E-state index in [1.54, 1.807) is 11.4 Å². The number of oxazole rings is 1. The Labute approximate surface area is 161 Å². The highest BCUT2D eigenvalue weighted by Gasteiger charge is 2.27. The number of aromatic nitrogens is 1. The first-order chi connectivity index (χ1) is 13.4. The number of rotatable bonds is 5. The third-order valence-corrected chi connectivity index (χ3v) is 6.52. The van der Waals surface area contributed by atoms with E-state index in [0.29, 0.717) is 0 Å². The number of nitrogens with one attached hydrogen (secondary N) is 1. The highest BCUT2D eigenvalue weighted by Crippen LogP contribution is 2.48. The Morgan fingerprint density at radius 3 is 2.71 bits per heavy atom. The number of phenols is 1. The first-order valence-corrected chi connectivity index (χ1v) is 10.0. The summed E-state index contributed by atoms with van der Waals surface area (Å²) < 4.78 is 43.4. The SMILES string of the molecule is O=c1occ(O)n1C=Cc1cc(NS(=O)(=O)c2cccs2)c2c(c1O)OCO2. The molecule has 3 heterocycles. The van der Waals surface area contributed by atoms with Crippen molar-refractivity contribution in [1.29, 1.82) is 0 Å². The summed E-state index contributed by atoms with van der Waals surface area (Å²) in [5, 5.41) is 21.6. The Morgan fingerprint density at radius 1 is 1.25 bits per heavy atom. The fraction of sp³-hybridized carbons (Fsp3) is 0.0625. The first kappa shape index (κ1) is 18.0. The van der Waals surface area contributed by atoms with E-state index >= 15 is 0 Å². The van der Waals surface area contributed by atoms with E-state index < -0.39 is 21.7 Å². The number of thiophene rings is 1. The van der Waals surface area contributed by atoms with Crippen LogP contribution in [0.3, 0.4) is 0 Å². The topological polar surface area (TPSA) is 140 Å². The van der Waals surface area contributed by atoms with Crippen LogP contribution in [-0.2, 0) is 10.0 Å². The monoisotopic (exact) mass is 424 g/mol. The maximum atomic E-state index is 12.5. The van der Waals surface area contributed by atoms with Crippen molar-refractivity contribution in [2.24, 2.45) is 0 Å². The fourth-order valence-corrected chi connectivity index (χ4v) is 4.54. The Hall–Kier alpha value is -3.38. The molecule has 1 aromatic carbocycles. The van der Waals surface area contributed by atoms with E-state index in [1.165, 1.54) is 18.2 Å². The molecular weight excluding hydrogens is 412 g/mol. The normalized spacial score (nSPS) is 13.3. The maximum Gasteiger partial charge on any atom is 0.426 e. The van der Waals surface area contributed by atoms with Crippen molar-refractivity contribution >= 4 is 39.3 Å². The molecule has 0 saturated carbocycles. The minimum absolute atomic E-state index is 0.0399. The van der Waals surface area contributed by atoms with Gasteiger partial charge in [0.25, 0.3) is 10.0 Å². The van der Waals surface area contributed by atoms with Crippen LogP contribution >= 0.6 is 11.3 Å². The summed E-state index contributed by atoms with van der Waals surface area (Å²) in [6.45, 7) is -0.203. The predicted molar refractivity (Wildman–Crippen MR) is 99.2 cm³/mol. The molecule has 146 valence electrons. The van der Waals surface area contributed by atoms with E-state index in [0.717, 1.165) is 28.4 Å². The van der Waals surface area contributed by atoms with E-state index in [1.807, 2.05) is 0 Å². The van der Waals surface area contributed by atoms with Crippen LogP contribution in [0.2, 0.25) is 0 Å². The molecule has 1 aliphatic heterocycles. The Bertz CT molecular complexity index is 1220. The molecule has 1 aliphatic rings. The maximum absolute atomic E-state index is 12.5. The second-order valence-corrected chi connectivity index (χ2v) is 8.37. The molecule has 0 aliphatic carbocycles. The molecule has 28 heavy (non-hydrogen) atoms. The number of hydrogen-bond acceptors (Lipinski definition) is 9. The van der Waals surface area contributed by atoms with Crippen LogP contribution in [0.1, 0.15) is 5.56 Å². The zero-order valence-electron chi connectivity index (χ0n) is 13.9. The second kappa shape index (κ2) is 6.65. The number of anilines is 1. The number of hydrogen-bond donors (Lipinski definition) is 3. The van der Waals surface area contributed by atoms with Gasteiger partial charge >= 0.3 is 5.76 Å². The number of fused-ring (bicyclic) bond motifs is 1. The number of benzene rings is 1. The lowest BCUT2D eigenvalue weighted by atomic mass is 10.1. The molecule has 10 nitrogen and oxygen atoms in total. The van der Waals surface area contributed by atoms with Crippen molar-refractivity contribution in [2.45, 2.75) is 4.21 Å². The molecular formula is C16H12N2O8S2. The smallest absolute Gasteiger partial charge is 0.426 e. The van der Waals surface area contributed by atoms with Gasteiger partial charge in [0.15, 0.2) is 17.8 Å². The van der Waals surface area contributed by atoms with Gasteiger partial charge in [0, 0.05) is 11.8 Å². The lowest BCUT2D eigenvalue weighted by Crippen LogP contribution is -2.12. The fourth-order valence-electron chi connectivity index (χ4n) is 2.49. The number of phenolic OH excluding ortho intramolecular Hbond substituents is 1. The molecule has 3 aromatic rings. The quantitative estimate of drug-likeness (QED) is 0.529. The molecule has 0 amide bonds. The van der Waals surface area contributed by atoms with Crippen molar-refractivity contribution in [1.82, 2.24) is 4.57 Å².